The third-order valence-electron chi connectivity index (χ3n) is 9.57. The van der Waals surface area contributed by atoms with Crippen molar-refractivity contribution in [2.45, 2.75) is 69.6 Å². The largest absolute Gasteiger partial charge is 0.481 e. The number of hydrogen-bond acceptors (Lipinski definition) is 7. The Balaban J connectivity index is 1.40. The van der Waals surface area contributed by atoms with Crippen molar-refractivity contribution in [3.63, 3.8) is 0 Å². The van der Waals surface area contributed by atoms with Crippen molar-refractivity contribution in [3.8, 4) is 11.1 Å². The van der Waals surface area contributed by atoms with Crippen LogP contribution in [-0.4, -0.2) is 64.2 Å². The van der Waals surface area contributed by atoms with E-state index in [9.17, 15) is 27.2 Å². The zero-order valence-corrected chi connectivity index (χ0v) is 28.3. The lowest BCUT2D eigenvalue weighted by molar-refractivity contribution is -0.137. The van der Waals surface area contributed by atoms with Gasteiger partial charge in [-0.2, -0.15) is 0 Å². The number of carbonyl (C=O) groups is 2. The van der Waals surface area contributed by atoms with Crippen LogP contribution in [0.15, 0.2) is 41.6 Å². The van der Waals surface area contributed by atoms with Crippen molar-refractivity contribution in [1.82, 2.24) is 19.4 Å². The number of hydrogen-bond donors (Lipinski definition) is 2. The fourth-order valence-corrected chi connectivity index (χ4v) is 8.32. The molecule has 3 aromatic heterocycles. The summed E-state index contributed by atoms with van der Waals surface area (Å²) in [6.45, 7) is 0.690. The number of benzene rings is 1. The van der Waals surface area contributed by atoms with Gasteiger partial charge in [-0.05, 0) is 42.5 Å². The summed E-state index contributed by atoms with van der Waals surface area (Å²) in [4.78, 5) is 48.4. The first kappa shape index (κ1) is 34.3. The van der Waals surface area contributed by atoms with E-state index in [1.165, 1.54) is 9.47 Å². The molecule has 260 valence electrons. The number of pyridine rings is 2. The smallest absolute Gasteiger partial charge is 0.303 e. The minimum Gasteiger partial charge on any atom is -0.481 e. The minimum atomic E-state index is -3.69. The number of aromatic amines is 1. The number of aliphatic carboxylic acids is 1. The average molecular weight is 696 g/mol. The molecular weight excluding hydrogens is 656 g/mol. The molecule has 1 unspecified atom stereocenters. The second kappa shape index (κ2) is 13.7. The van der Waals surface area contributed by atoms with Crippen molar-refractivity contribution in [3.05, 3.63) is 75.5 Å². The number of rotatable bonds is 12. The molecule has 0 fully saturated rings. The highest BCUT2D eigenvalue weighted by Gasteiger charge is 2.37. The van der Waals surface area contributed by atoms with E-state index >= 15 is 4.39 Å². The van der Waals surface area contributed by atoms with Gasteiger partial charge in [-0.3, -0.25) is 14.4 Å². The molecule has 2 aliphatic heterocycles. The highest BCUT2D eigenvalue weighted by Crippen LogP contribution is 2.47. The van der Waals surface area contributed by atoms with Crippen LogP contribution in [0.1, 0.15) is 84.5 Å². The number of amides is 1. The Labute approximate surface area is 282 Å². The number of aryl methyl sites for hydroxylation is 1. The zero-order valence-electron chi connectivity index (χ0n) is 27.5. The molecular formula is C35H39F2N5O6S. The molecule has 2 N–H and O–H groups in total. The first-order valence-corrected chi connectivity index (χ1v) is 18.5. The second-order valence-corrected chi connectivity index (χ2v) is 15.3. The third-order valence-corrected chi connectivity index (χ3v) is 11.1. The maximum atomic E-state index is 15.4. The van der Waals surface area contributed by atoms with Crippen molar-refractivity contribution in [1.29, 1.82) is 0 Å². The lowest BCUT2D eigenvalue weighted by Gasteiger charge is -2.27. The van der Waals surface area contributed by atoms with Crippen molar-refractivity contribution < 1.29 is 31.9 Å². The summed E-state index contributed by atoms with van der Waals surface area (Å²) in [5.74, 6) is -3.08. The van der Waals surface area contributed by atoms with Crippen molar-refractivity contribution in [2.75, 3.05) is 24.2 Å². The molecule has 6 rings (SSSR count). The van der Waals surface area contributed by atoms with E-state index in [4.69, 9.17) is 5.11 Å². The molecule has 11 nitrogen and oxygen atoms in total. The van der Waals surface area contributed by atoms with Gasteiger partial charge in [-0.15, -0.1) is 0 Å². The van der Waals surface area contributed by atoms with Crippen LogP contribution >= 0.6 is 0 Å². The number of aromatic nitrogens is 3. The van der Waals surface area contributed by atoms with E-state index in [-0.39, 0.29) is 48.8 Å². The van der Waals surface area contributed by atoms with Crippen LogP contribution in [0, 0.1) is 11.6 Å². The Bertz CT molecular complexity index is 2110. The molecule has 1 atom stereocenters. The third kappa shape index (κ3) is 6.83. The number of carbonyl (C=O) groups excluding carboxylic acids is 1. The van der Waals surface area contributed by atoms with Gasteiger partial charge in [0.05, 0.1) is 23.7 Å². The average Bonchev–Trinajstić information content (AvgIpc) is 3.34. The maximum Gasteiger partial charge on any atom is 0.303 e. The molecule has 0 saturated heterocycles. The fourth-order valence-electron chi connectivity index (χ4n) is 7.13. The zero-order chi connectivity index (χ0) is 35.0. The quantitative estimate of drug-likeness (QED) is 0.172. The first-order valence-electron chi connectivity index (χ1n) is 16.5. The number of anilines is 2. The molecule has 5 heterocycles. The van der Waals surface area contributed by atoms with Gasteiger partial charge in [0.2, 0.25) is 0 Å². The highest BCUT2D eigenvalue weighted by atomic mass is 32.2. The summed E-state index contributed by atoms with van der Waals surface area (Å²) in [5, 5.41) is 8.40. The Morgan fingerprint density at radius 2 is 1.73 bits per heavy atom. The second-order valence-electron chi connectivity index (χ2n) is 13.0. The first-order chi connectivity index (χ1) is 23.3. The molecule has 0 radical (unpaired) electrons. The molecule has 0 aliphatic carbocycles. The lowest BCUT2D eigenvalue weighted by atomic mass is 9.93. The summed E-state index contributed by atoms with van der Waals surface area (Å²) < 4.78 is 57.4. The SMILES string of the molecule is Cn1cc2c3c(c[nH]c3c1=O)CN(c1ncc(F)cc1F)c1cc3c(cc1-2)C(S(C)(=O)=O)CCN(CCCCCCCCCC(=O)O)C3=O. The molecule has 14 heteroatoms. The Morgan fingerprint density at radius 1 is 1.02 bits per heavy atom. The van der Waals surface area contributed by atoms with E-state index in [2.05, 4.69) is 9.97 Å². The van der Waals surface area contributed by atoms with Gasteiger partial charge in [0.25, 0.3) is 11.5 Å². The van der Waals surface area contributed by atoms with Crippen LogP contribution in [0.4, 0.5) is 20.3 Å². The number of fused-ring (bicyclic) bond motifs is 3. The van der Waals surface area contributed by atoms with E-state index < -0.39 is 32.7 Å². The number of carboxylic acids is 1. The number of nitrogens with one attached hydrogen (secondary N) is 1. The van der Waals surface area contributed by atoms with Gasteiger partial charge in [-0.1, -0.05) is 32.1 Å². The topological polar surface area (TPSA) is 146 Å². The molecule has 4 aromatic rings. The van der Waals surface area contributed by atoms with Crippen LogP contribution in [0.5, 0.6) is 0 Å². The number of halogens is 2. The number of sulfone groups is 1. The predicted octanol–water partition coefficient (Wildman–Crippen LogP) is 6.00. The molecule has 1 aromatic carbocycles. The van der Waals surface area contributed by atoms with Crippen LogP contribution in [0.2, 0.25) is 0 Å². The Kier molecular flexibility index (Phi) is 9.61. The minimum absolute atomic E-state index is 0.0330. The van der Waals surface area contributed by atoms with Gasteiger partial charge in [0.15, 0.2) is 21.5 Å². The van der Waals surface area contributed by atoms with Crippen LogP contribution in [0.3, 0.4) is 0 Å². The fraction of sp³-hybridized carbons (Fsp3) is 0.429. The maximum absolute atomic E-state index is 15.4. The van der Waals surface area contributed by atoms with Gasteiger partial charge in [-0.25, -0.2) is 22.2 Å². The standard InChI is InChI=1S/C35H39F2N5O6S/c1-40-20-26-23-15-24-25(34(45)41(13-11-29(24)49(2,47)48)12-9-7-5-3-4-6-8-10-30(43)44)16-28(23)42(33-27(37)14-22(36)18-39-33)19-21-17-38-32(31(21)26)35(40)46/h14-18,20,29,38H,3-13,19H2,1-2H3,(H,43,44). The van der Waals surface area contributed by atoms with Crippen molar-refractivity contribution in [2.24, 2.45) is 7.05 Å². The normalized spacial score (nSPS) is 16.0. The summed E-state index contributed by atoms with van der Waals surface area (Å²) >= 11 is 0. The molecule has 0 spiro atoms. The number of carboxylic acid groups (broad SMARTS) is 1. The monoisotopic (exact) mass is 695 g/mol. The van der Waals surface area contributed by atoms with Crippen LogP contribution in [-0.2, 0) is 28.2 Å². The molecule has 0 bridgehead atoms. The van der Waals surface area contributed by atoms with Gasteiger partial charge in [0.1, 0.15) is 11.3 Å². The predicted molar refractivity (Wildman–Crippen MR) is 182 cm³/mol. The molecule has 0 saturated carbocycles. The Hall–Kier alpha value is -4.59. The van der Waals surface area contributed by atoms with Crippen LogP contribution < -0.4 is 10.5 Å². The summed E-state index contributed by atoms with van der Waals surface area (Å²) in [6.07, 6.45) is 11.7. The number of unbranched alkanes of at least 4 members (excludes halogenated alkanes) is 6. The summed E-state index contributed by atoms with van der Waals surface area (Å²) in [6, 6.07) is 4.00. The van der Waals surface area contributed by atoms with Crippen molar-refractivity contribution >= 4 is 44.1 Å². The van der Waals surface area contributed by atoms with Crippen LogP contribution in [0.25, 0.3) is 22.0 Å². The number of H-pyrrole nitrogens is 1. The van der Waals surface area contributed by atoms with Gasteiger partial charge >= 0.3 is 5.97 Å². The van der Waals surface area contributed by atoms with E-state index in [0.29, 0.717) is 58.2 Å². The van der Waals surface area contributed by atoms with E-state index in [0.717, 1.165) is 50.6 Å². The van der Waals surface area contributed by atoms with Gasteiger partial charge in [0, 0.05) is 73.4 Å². The van der Waals surface area contributed by atoms with E-state index in [1.807, 2.05) is 0 Å². The van der Waals surface area contributed by atoms with E-state index in [1.54, 1.807) is 36.5 Å². The Morgan fingerprint density at radius 3 is 2.43 bits per heavy atom. The molecule has 1 amide bonds. The summed E-state index contributed by atoms with van der Waals surface area (Å²) in [7, 11) is -2.09. The lowest BCUT2D eigenvalue weighted by Crippen LogP contribution is -2.32. The summed E-state index contributed by atoms with van der Waals surface area (Å²) in [5.41, 5.74) is 2.68. The highest BCUT2D eigenvalue weighted by molar-refractivity contribution is 7.90. The number of nitrogens with zero attached hydrogens (tertiary/aromatic N) is 4. The molecule has 2 aliphatic rings. The molecule has 49 heavy (non-hydrogen) atoms. The van der Waals surface area contributed by atoms with Gasteiger partial charge < -0.3 is 24.5 Å².